The Morgan fingerprint density at radius 3 is 2.90 bits per heavy atom. The largest absolute Gasteiger partial charge is 0.379 e. The quantitative estimate of drug-likeness (QED) is 0.638. The smallest absolute Gasteiger partial charge is 0.301 e. The molecule has 0 aliphatic heterocycles. The van der Waals surface area contributed by atoms with E-state index < -0.39 is 4.92 Å². The second-order valence-electron chi connectivity index (χ2n) is 4.14. The predicted molar refractivity (Wildman–Crippen MR) is 75.6 cm³/mol. The van der Waals surface area contributed by atoms with Crippen LogP contribution in [0.2, 0.25) is 0 Å². The Morgan fingerprint density at radius 1 is 1.40 bits per heavy atom. The van der Waals surface area contributed by atoms with Gasteiger partial charge in [-0.3, -0.25) is 19.9 Å². The number of carbonyl (C=O) groups excluding carboxylic acids is 1. The van der Waals surface area contributed by atoms with Crippen molar-refractivity contribution in [3.05, 3.63) is 40.6 Å². The van der Waals surface area contributed by atoms with Gasteiger partial charge in [0.1, 0.15) is 5.69 Å². The van der Waals surface area contributed by atoms with Gasteiger partial charge in [0.15, 0.2) is 0 Å². The van der Waals surface area contributed by atoms with Gasteiger partial charge in [0, 0.05) is 26.2 Å². The van der Waals surface area contributed by atoms with Crippen LogP contribution in [0.15, 0.2) is 30.5 Å². The number of fused-ring (bicyclic) bond motifs is 1. The van der Waals surface area contributed by atoms with Crippen molar-refractivity contribution >= 4 is 28.2 Å². The molecule has 7 heteroatoms. The van der Waals surface area contributed by atoms with Crippen LogP contribution in [0.5, 0.6) is 0 Å². The molecule has 2 N–H and O–H groups in total. The van der Waals surface area contributed by atoms with Gasteiger partial charge in [-0.05, 0) is 24.3 Å². The van der Waals surface area contributed by atoms with Crippen LogP contribution >= 0.6 is 0 Å². The summed E-state index contributed by atoms with van der Waals surface area (Å²) < 4.78 is 0. The number of aromatic nitrogens is 1. The fourth-order valence-electron chi connectivity index (χ4n) is 1.91. The lowest BCUT2D eigenvalue weighted by atomic mass is 10.1. The molecule has 0 aliphatic carbocycles. The van der Waals surface area contributed by atoms with Gasteiger partial charge in [-0.25, -0.2) is 0 Å². The number of nitrogens with one attached hydrogen (secondary N) is 2. The number of rotatable bonds is 5. The number of pyridine rings is 1. The third kappa shape index (κ3) is 2.82. The molecule has 0 saturated carbocycles. The van der Waals surface area contributed by atoms with E-state index in [-0.39, 0.29) is 18.0 Å². The fourth-order valence-corrected chi connectivity index (χ4v) is 1.91. The molecule has 20 heavy (non-hydrogen) atoms. The molecule has 0 saturated heterocycles. The molecule has 0 spiro atoms. The highest BCUT2D eigenvalue weighted by molar-refractivity contribution is 5.94. The predicted octanol–water partition coefficient (Wildman–Crippen LogP) is 1.69. The number of hydrogen-bond donors (Lipinski definition) is 2. The van der Waals surface area contributed by atoms with Crippen LogP contribution < -0.4 is 10.6 Å². The molecular weight excluding hydrogens is 260 g/mol. The van der Waals surface area contributed by atoms with Crippen LogP contribution in [-0.4, -0.2) is 29.4 Å². The van der Waals surface area contributed by atoms with Gasteiger partial charge >= 0.3 is 5.69 Å². The molecule has 0 radical (unpaired) electrons. The van der Waals surface area contributed by atoms with Crippen LogP contribution in [0.3, 0.4) is 0 Å². The molecule has 1 aromatic carbocycles. The summed E-state index contributed by atoms with van der Waals surface area (Å²) in [6, 6.07) is 6.63. The fraction of sp³-hybridized carbons (Fsp3) is 0.231. The van der Waals surface area contributed by atoms with E-state index >= 15 is 0 Å². The lowest BCUT2D eigenvalue weighted by molar-refractivity contribution is -0.382. The summed E-state index contributed by atoms with van der Waals surface area (Å²) in [6.45, 7) is 0.326. The molecule has 104 valence electrons. The Balaban J connectivity index is 2.31. The van der Waals surface area contributed by atoms with E-state index in [4.69, 9.17) is 0 Å². The van der Waals surface area contributed by atoms with Crippen molar-refractivity contribution in [3.8, 4) is 0 Å². The van der Waals surface area contributed by atoms with Crippen molar-refractivity contribution in [2.24, 2.45) is 0 Å². The van der Waals surface area contributed by atoms with Crippen molar-refractivity contribution in [3.63, 3.8) is 0 Å². The van der Waals surface area contributed by atoms with E-state index in [2.05, 4.69) is 15.6 Å². The summed E-state index contributed by atoms with van der Waals surface area (Å²) >= 11 is 0. The third-order valence-corrected chi connectivity index (χ3v) is 2.89. The van der Waals surface area contributed by atoms with Crippen LogP contribution in [-0.2, 0) is 4.79 Å². The highest BCUT2D eigenvalue weighted by atomic mass is 16.6. The molecule has 2 rings (SSSR count). The number of nitrogens with zero attached hydrogens (tertiary/aromatic N) is 2. The molecule has 1 heterocycles. The number of hydrogen-bond acceptors (Lipinski definition) is 5. The molecule has 2 aromatic rings. The van der Waals surface area contributed by atoms with E-state index in [0.29, 0.717) is 23.1 Å². The Kier molecular flexibility index (Phi) is 4.09. The summed E-state index contributed by atoms with van der Waals surface area (Å²) in [5, 5.41) is 17.1. The number of benzene rings is 1. The summed E-state index contributed by atoms with van der Waals surface area (Å²) in [5.74, 6) is -0.123. The van der Waals surface area contributed by atoms with Crippen LogP contribution in [0.4, 0.5) is 11.4 Å². The molecule has 0 unspecified atom stereocenters. The topological polar surface area (TPSA) is 97.2 Å². The number of nitro benzene ring substituents is 1. The van der Waals surface area contributed by atoms with Gasteiger partial charge < -0.3 is 10.6 Å². The van der Waals surface area contributed by atoms with Crippen molar-refractivity contribution in [1.82, 2.24) is 10.3 Å². The molecule has 1 amide bonds. The van der Waals surface area contributed by atoms with Crippen LogP contribution in [0.25, 0.3) is 10.9 Å². The first-order chi connectivity index (χ1) is 9.63. The van der Waals surface area contributed by atoms with Crippen molar-refractivity contribution < 1.29 is 9.72 Å². The zero-order chi connectivity index (χ0) is 14.5. The zero-order valence-electron chi connectivity index (χ0n) is 10.9. The number of nitro groups is 1. The number of amides is 1. The van der Waals surface area contributed by atoms with E-state index in [9.17, 15) is 14.9 Å². The minimum Gasteiger partial charge on any atom is -0.379 e. The maximum atomic E-state index is 11.2. The van der Waals surface area contributed by atoms with Gasteiger partial charge in [-0.1, -0.05) is 0 Å². The lowest BCUT2D eigenvalue weighted by Gasteiger charge is -2.08. The Labute approximate surface area is 115 Å². The first-order valence-corrected chi connectivity index (χ1v) is 6.10. The van der Waals surface area contributed by atoms with E-state index in [1.807, 2.05) is 0 Å². The maximum absolute atomic E-state index is 11.2. The Morgan fingerprint density at radius 2 is 2.20 bits per heavy atom. The minimum absolute atomic E-state index is 0.0208. The van der Waals surface area contributed by atoms with Crippen molar-refractivity contribution in [1.29, 1.82) is 0 Å². The molecule has 0 bridgehead atoms. The second kappa shape index (κ2) is 5.96. The third-order valence-electron chi connectivity index (χ3n) is 2.89. The second-order valence-corrected chi connectivity index (χ2v) is 4.14. The van der Waals surface area contributed by atoms with E-state index in [1.54, 1.807) is 37.5 Å². The molecule has 1 aromatic heterocycles. The van der Waals surface area contributed by atoms with Gasteiger partial charge in [0.2, 0.25) is 5.91 Å². The monoisotopic (exact) mass is 274 g/mol. The highest BCUT2D eigenvalue weighted by Gasteiger charge is 2.18. The van der Waals surface area contributed by atoms with Crippen LogP contribution in [0.1, 0.15) is 6.42 Å². The van der Waals surface area contributed by atoms with Crippen molar-refractivity contribution in [2.45, 2.75) is 6.42 Å². The summed E-state index contributed by atoms with van der Waals surface area (Å²) in [6.07, 6.45) is 1.84. The van der Waals surface area contributed by atoms with Gasteiger partial charge in [0.25, 0.3) is 0 Å². The lowest BCUT2D eigenvalue weighted by Crippen LogP contribution is -2.21. The average molecular weight is 274 g/mol. The van der Waals surface area contributed by atoms with Crippen LogP contribution in [0, 0.1) is 10.1 Å². The van der Waals surface area contributed by atoms with Gasteiger partial charge in [0.05, 0.1) is 15.8 Å². The summed E-state index contributed by atoms with van der Waals surface area (Å²) in [4.78, 5) is 26.0. The molecular formula is C13H14N4O3. The first-order valence-electron chi connectivity index (χ1n) is 6.10. The maximum Gasteiger partial charge on any atom is 0.301 e. The Bertz CT molecular complexity index is 657. The summed E-state index contributed by atoms with van der Waals surface area (Å²) in [5.41, 5.74) is 0.933. The zero-order valence-corrected chi connectivity index (χ0v) is 10.9. The Hall–Kier alpha value is -2.70. The normalized spacial score (nSPS) is 10.2. The molecule has 0 fully saturated rings. The summed E-state index contributed by atoms with van der Waals surface area (Å²) in [7, 11) is 1.55. The number of anilines is 1. The van der Waals surface area contributed by atoms with Crippen molar-refractivity contribution in [2.75, 3.05) is 18.9 Å². The molecule has 0 atom stereocenters. The van der Waals surface area contributed by atoms with Gasteiger partial charge in [-0.2, -0.15) is 0 Å². The minimum atomic E-state index is -0.438. The SMILES string of the molecule is CNC(=O)CCNc1ccc2ncccc2c1[N+](=O)[O-]. The molecule has 0 aliphatic rings. The average Bonchev–Trinajstić information content (AvgIpc) is 2.46. The van der Waals surface area contributed by atoms with E-state index in [1.165, 1.54) is 0 Å². The number of carbonyl (C=O) groups is 1. The highest BCUT2D eigenvalue weighted by Crippen LogP contribution is 2.32. The van der Waals surface area contributed by atoms with E-state index in [0.717, 1.165) is 0 Å². The standard InChI is InChI=1S/C13H14N4O3/c1-14-12(18)6-8-16-11-5-4-10-9(3-2-7-15-10)13(11)17(19)20/h2-5,7,16H,6,8H2,1H3,(H,14,18). The first kappa shape index (κ1) is 13.7. The molecule has 7 nitrogen and oxygen atoms in total. The van der Waals surface area contributed by atoms with Gasteiger partial charge in [-0.15, -0.1) is 0 Å².